The number of aliphatic hydroxyl groups excluding tert-OH is 1. The van der Waals surface area contributed by atoms with Crippen molar-refractivity contribution in [2.75, 3.05) is 19.7 Å². The summed E-state index contributed by atoms with van der Waals surface area (Å²) in [5.41, 5.74) is 1.46. The topological polar surface area (TPSA) is 23.5 Å². The molecule has 0 spiro atoms. The molecular formula is C15H23NO. The fourth-order valence-electron chi connectivity index (χ4n) is 2.75. The molecule has 2 rings (SSSR count). The summed E-state index contributed by atoms with van der Waals surface area (Å²) in [7, 11) is 0. The number of rotatable bonds is 6. The van der Waals surface area contributed by atoms with Crippen molar-refractivity contribution in [1.82, 2.24) is 4.90 Å². The van der Waals surface area contributed by atoms with Crippen molar-refractivity contribution in [3.05, 3.63) is 35.9 Å². The van der Waals surface area contributed by atoms with Gasteiger partial charge in [0.1, 0.15) is 0 Å². The van der Waals surface area contributed by atoms with Crippen molar-refractivity contribution in [1.29, 1.82) is 0 Å². The zero-order chi connectivity index (χ0) is 11.9. The van der Waals surface area contributed by atoms with Crippen LogP contribution in [0.2, 0.25) is 0 Å². The lowest BCUT2D eigenvalue weighted by molar-refractivity contribution is 0.241. The smallest absolute Gasteiger partial charge is 0.0431 e. The predicted octanol–water partition coefficient (Wildman–Crippen LogP) is 2.99. The molecule has 94 valence electrons. The third-order valence-corrected chi connectivity index (χ3v) is 3.65. The van der Waals surface area contributed by atoms with E-state index in [1.807, 2.05) is 0 Å². The first-order chi connectivity index (χ1) is 8.42. The van der Waals surface area contributed by atoms with E-state index in [0.717, 1.165) is 12.8 Å². The molecular weight excluding hydrogens is 210 g/mol. The Hall–Kier alpha value is -0.860. The molecule has 1 aliphatic heterocycles. The summed E-state index contributed by atoms with van der Waals surface area (Å²) in [4.78, 5) is 2.60. The number of hydrogen-bond acceptors (Lipinski definition) is 2. The fourth-order valence-corrected chi connectivity index (χ4v) is 2.75. The normalized spacial score (nSPS) is 20.9. The highest BCUT2D eigenvalue weighted by Crippen LogP contribution is 2.31. The molecule has 0 aliphatic carbocycles. The summed E-state index contributed by atoms with van der Waals surface area (Å²) in [5.74, 6) is 0. The number of likely N-dealkylation sites (tertiary alicyclic amines) is 1. The molecule has 1 heterocycles. The van der Waals surface area contributed by atoms with Crippen LogP contribution < -0.4 is 0 Å². The Labute approximate surface area is 104 Å². The second-order valence-electron chi connectivity index (χ2n) is 4.89. The van der Waals surface area contributed by atoms with Gasteiger partial charge in [0, 0.05) is 12.6 Å². The standard InChI is InChI=1S/C15H23NO/c17-13-6-2-5-11-16-12-7-10-15(16)14-8-3-1-4-9-14/h1,3-4,8-9,15,17H,2,5-7,10-13H2. The molecule has 1 aromatic rings. The van der Waals surface area contributed by atoms with E-state index in [2.05, 4.69) is 35.2 Å². The van der Waals surface area contributed by atoms with Crippen molar-refractivity contribution < 1.29 is 5.11 Å². The maximum Gasteiger partial charge on any atom is 0.0431 e. The van der Waals surface area contributed by atoms with Gasteiger partial charge in [-0.05, 0) is 50.8 Å². The maximum atomic E-state index is 8.77. The van der Waals surface area contributed by atoms with Gasteiger partial charge in [-0.2, -0.15) is 0 Å². The van der Waals surface area contributed by atoms with Crippen LogP contribution in [0.4, 0.5) is 0 Å². The second kappa shape index (κ2) is 6.77. The Kier molecular flexibility index (Phi) is 5.02. The molecule has 0 bridgehead atoms. The van der Waals surface area contributed by atoms with E-state index in [-0.39, 0.29) is 0 Å². The third-order valence-electron chi connectivity index (χ3n) is 3.65. The van der Waals surface area contributed by atoms with E-state index >= 15 is 0 Å². The Balaban J connectivity index is 1.85. The lowest BCUT2D eigenvalue weighted by Gasteiger charge is -2.24. The summed E-state index contributed by atoms with van der Waals surface area (Å²) in [5, 5.41) is 8.77. The van der Waals surface area contributed by atoms with E-state index in [0.29, 0.717) is 12.6 Å². The monoisotopic (exact) mass is 233 g/mol. The molecule has 1 N–H and O–H groups in total. The molecule has 0 aromatic heterocycles. The maximum absolute atomic E-state index is 8.77. The minimum atomic E-state index is 0.335. The molecule has 17 heavy (non-hydrogen) atoms. The largest absolute Gasteiger partial charge is 0.396 e. The van der Waals surface area contributed by atoms with Gasteiger partial charge in [-0.25, -0.2) is 0 Å². The molecule has 2 heteroatoms. The van der Waals surface area contributed by atoms with Gasteiger partial charge in [-0.15, -0.1) is 0 Å². The van der Waals surface area contributed by atoms with E-state index in [9.17, 15) is 0 Å². The summed E-state index contributed by atoms with van der Waals surface area (Å²) in [6.07, 6.45) is 5.92. The summed E-state index contributed by atoms with van der Waals surface area (Å²) in [6, 6.07) is 11.5. The van der Waals surface area contributed by atoms with Crippen LogP contribution in [0, 0.1) is 0 Å². The van der Waals surface area contributed by atoms with Crippen LogP contribution in [0.5, 0.6) is 0 Å². The Morgan fingerprint density at radius 1 is 1.12 bits per heavy atom. The van der Waals surface area contributed by atoms with Gasteiger partial charge in [0.15, 0.2) is 0 Å². The average Bonchev–Trinajstić information content (AvgIpc) is 2.84. The highest BCUT2D eigenvalue weighted by molar-refractivity contribution is 5.19. The minimum absolute atomic E-state index is 0.335. The first kappa shape index (κ1) is 12.6. The van der Waals surface area contributed by atoms with Gasteiger partial charge in [0.25, 0.3) is 0 Å². The minimum Gasteiger partial charge on any atom is -0.396 e. The SMILES string of the molecule is OCCCCCN1CCCC1c1ccccc1. The predicted molar refractivity (Wildman–Crippen MR) is 70.9 cm³/mol. The quantitative estimate of drug-likeness (QED) is 0.764. The molecule has 2 nitrogen and oxygen atoms in total. The molecule has 1 fully saturated rings. The number of benzene rings is 1. The van der Waals surface area contributed by atoms with Crippen LogP contribution in [0.3, 0.4) is 0 Å². The number of nitrogens with zero attached hydrogens (tertiary/aromatic N) is 1. The second-order valence-corrected chi connectivity index (χ2v) is 4.89. The number of unbranched alkanes of at least 4 members (excludes halogenated alkanes) is 2. The lowest BCUT2D eigenvalue weighted by Crippen LogP contribution is -2.24. The molecule has 1 aliphatic rings. The molecule has 1 aromatic carbocycles. The first-order valence-corrected chi connectivity index (χ1v) is 6.81. The van der Waals surface area contributed by atoms with Crippen LogP contribution in [-0.2, 0) is 0 Å². The molecule has 1 atom stereocenters. The van der Waals surface area contributed by atoms with E-state index < -0.39 is 0 Å². The van der Waals surface area contributed by atoms with Crippen molar-refractivity contribution in [3.63, 3.8) is 0 Å². The molecule has 0 saturated carbocycles. The Bertz CT molecular complexity index is 312. The number of hydrogen-bond donors (Lipinski definition) is 1. The third kappa shape index (κ3) is 3.55. The Morgan fingerprint density at radius 2 is 1.94 bits per heavy atom. The summed E-state index contributed by atoms with van der Waals surface area (Å²) in [6.45, 7) is 2.75. The first-order valence-electron chi connectivity index (χ1n) is 6.81. The zero-order valence-corrected chi connectivity index (χ0v) is 10.5. The van der Waals surface area contributed by atoms with Gasteiger partial charge in [-0.1, -0.05) is 30.3 Å². The van der Waals surface area contributed by atoms with E-state index in [1.54, 1.807) is 0 Å². The summed E-state index contributed by atoms with van der Waals surface area (Å²) >= 11 is 0. The molecule has 1 unspecified atom stereocenters. The average molecular weight is 233 g/mol. The van der Waals surface area contributed by atoms with Gasteiger partial charge in [-0.3, -0.25) is 4.90 Å². The van der Waals surface area contributed by atoms with Crippen LogP contribution in [-0.4, -0.2) is 29.7 Å². The van der Waals surface area contributed by atoms with Crippen LogP contribution in [0.25, 0.3) is 0 Å². The Morgan fingerprint density at radius 3 is 2.71 bits per heavy atom. The fraction of sp³-hybridized carbons (Fsp3) is 0.600. The van der Waals surface area contributed by atoms with E-state index in [1.165, 1.54) is 37.9 Å². The summed E-state index contributed by atoms with van der Waals surface area (Å²) < 4.78 is 0. The van der Waals surface area contributed by atoms with Crippen molar-refractivity contribution in [3.8, 4) is 0 Å². The molecule has 1 saturated heterocycles. The van der Waals surface area contributed by atoms with Crippen molar-refractivity contribution in [2.24, 2.45) is 0 Å². The van der Waals surface area contributed by atoms with Crippen molar-refractivity contribution >= 4 is 0 Å². The highest BCUT2D eigenvalue weighted by atomic mass is 16.2. The van der Waals surface area contributed by atoms with Crippen LogP contribution in [0.15, 0.2) is 30.3 Å². The van der Waals surface area contributed by atoms with Crippen LogP contribution >= 0.6 is 0 Å². The van der Waals surface area contributed by atoms with Gasteiger partial charge in [0.2, 0.25) is 0 Å². The van der Waals surface area contributed by atoms with Crippen LogP contribution in [0.1, 0.15) is 43.7 Å². The van der Waals surface area contributed by atoms with E-state index in [4.69, 9.17) is 5.11 Å². The van der Waals surface area contributed by atoms with Crippen molar-refractivity contribution in [2.45, 2.75) is 38.1 Å². The van der Waals surface area contributed by atoms with Gasteiger partial charge >= 0.3 is 0 Å². The lowest BCUT2D eigenvalue weighted by atomic mass is 10.0. The molecule has 0 radical (unpaired) electrons. The molecule has 0 amide bonds. The van der Waals surface area contributed by atoms with Gasteiger partial charge in [0.05, 0.1) is 0 Å². The van der Waals surface area contributed by atoms with Gasteiger partial charge < -0.3 is 5.11 Å². The number of aliphatic hydroxyl groups is 1. The zero-order valence-electron chi connectivity index (χ0n) is 10.5. The highest BCUT2D eigenvalue weighted by Gasteiger charge is 2.24.